The van der Waals surface area contributed by atoms with Crippen molar-refractivity contribution in [2.75, 3.05) is 38.2 Å². The predicted molar refractivity (Wildman–Crippen MR) is 155 cm³/mol. The summed E-state index contributed by atoms with van der Waals surface area (Å²) in [6.07, 6.45) is 4.24. The van der Waals surface area contributed by atoms with Gasteiger partial charge >= 0.3 is 0 Å². The van der Waals surface area contributed by atoms with E-state index < -0.39 is 6.04 Å². The number of fused-ring (bicyclic) bond motifs is 1. The van der Waals surface area contributed by atoms with E-state index in [0.29, 0.717) is 47.8 Å². The minimum atomic E-state index is -0.436. The Labute approximate surface area is 237 Å². The maximum atomic E-state index is 13.4. The number of amides is 2. The molecule has 0 saturated carbocycles. The minimum Gasteiger partial charge on any atom is -0.350 e. The Hall–Kier alpha value is -3.87. The maximum Gasteiger partial charge on any atom is 0.266 e. The number of hydrogen-bond acceptors (Lipinski definition) is 9. The van der Waals surface area contributed by atoms with Crippen LogP contribution in [-0.2, 0) is 9.63 Å². The van der Waals surface area contributed by atoms with Crippen LogP contribution in [0.15, 0.2) is 48.1 Å². The van der Waals surface area contributed by atoms with Gasteiger partial charge in [-0.2, -0.15) is 5.10 Å². The average molecular weight is 563 g/mol. The highest BCUT2D eigenvalue weighted by Crippen LogP contribution is 2.31. The molecule has 0 radical (unpaired) electrons. The molecule has 0 bridgehead atoms. The first-order valence-corrected chi connectivity index (χ1v) is 14.3. The SMILES string of the molecule is CCN(CC)[C@@H](C)CNC(=O)c1cc(-c2cnn3ccc(-c4cccs4)nc23)nc(N2CC[C@H]2C(=O)NOC)c1. The first-order chi connectivity index (χ1) is 19.4. The van der Waals surface area contributed by atoms with Crippen molar-refractivity contribution >= 4 is 34.6 Å². The number of nitrogens with zero attached hydrogens (tertiary/aromatic N) is 6. The number of likely N-dealkylation sites (N-methyl/N-ethyl adjacent to an activating group) is 1. The Morgan fingerprint density at radius 3 is 2.70 bits per heavy atom. The van der Waals surface area contributed by atoms with E-state index in [2.05, 4.69) is 41.6 Å². The number of thiophene rings is 1. The molecule has 1 saturated heterocycles. The number of rotatable bonds is 11. The molecule has 12 heteroatoms. The topological polar surface area (TPSA) is 117 Å². The molecule has 0 unspecified atom stereocenters. The van der Waals surface area contributed by atoms with E-state index in [1.165, 1.54) is 7.11 Å². The van der Waals surface area contributed by atoms with Gasteiger partial charge < -0.3 is 10.2 Å². The van der Waals surface area contributed by atoms with Crippen LogP contribution in [0.5, 0.6) is 0 Å². The van der Waals surface area contributed by atoms with Crippen molar-refractivity contribution in [2.45, 2.75) is 39.3 Å². The number of carbonyl (C=O) groups excluding carboxylic acids is 2. The average Bonchev–Trinajstić information content (AvgIpc) is 3.62. The lowest BCUT2D eigenvalue weighted by atomic mass is 10.0. The van der Waals surface area contributed by atoms with Crippen molar-refractivity contribution in [3.8, 4) is 21.8 Å². The first kappa shape index (κ1) is 27.7. The monoisotopic (exact) mass is 562 g/mol. The lowest BCUT2D eigenvalue weighted by Gasteiger charge is -2.40. The summed E-state index contributed by atoms with van der Waals surface area (Å²) in [5, 5.41) is 9.58. The Kier molecular flexibility index (Phi) is 8.38. The Morgan fingerprint density at radius 2 is 2.02 bits per heavy atom. The summed E-state index contributed by atoms with van der Waals surface area (Å²) in [4.78, 5) is 45.8. The second kappa shape index (κ2) is 12.1. The van der Waals surface area contributed by atoms with Gasteiger partial charge in [0.15, 0.2) is 5.65 Å². The number of hydroxylamine groups is 1. The molecule has 1 aliphatic heterocycles. The Bertz CT molecular complexity index is 1480. The summed E-state index contributed by atoms with van der Waals surface area (Å²) in [7, 11) is 1.41. The molecule has 2 amide bonds. The van der Waals surface area contributed by atoms with E-state index in [4.69, 9.17) is 14.8 Å². The molecular formula is C28H34N8O3S. The van der Waals surface area contributed by atoms with Crippen LogP contribution in [0.25, 0.3) is 27.5 Å². The molecule has 5 heterocycles. The molecule has 210 valence electrons. The van der Waals surface area contributed by atoms with E-state index in [0.717, 1.165) is 23.7 Å². The second-order valence-corrected chi connectivity index (χ2v) is 10.6. The summed E-state index contributed by atoms with van der Waals surface area (Å²) >= 11 is 1.61. The van der Waals surface area contributed by atoms with E-state index in [9.17, 15) is 9.59 Å². The van der Waals surface area contributed by atoms with Crippen LogP contribution in [0.3, 0.4) is 0 Å². The lowest BCUT2D eigenvalue weighted by molar-refractivity contribution is -0.134. The van der Waals surface area contributed by atoms with Gasteiger partial charge in [-0.3, -0.25) is 19.3 Å². The van der Waals surface area contributed by atoms with Gasteiger partial charge in [0.05, 0.1) is 35.1 Å². The second-order valence-electron chi connectivity index (χ2n) is 9.66. The number of aromatic nitrogens is 4. The quantitative estimate of drug-likeness (QED) is 0.268. The number of pyridine rings is 1. The van der Waals surface area contributed by atoms with Gasteiger partial charge in [-0.15, -0.1) is 11.3 Å². The number of hydrogen-bond donors (Lipinski definition) is 2. The van der Waals surface area contributed by atoms with E-state index in [1.807, 2.05) is 34.7 Å². The van der Waals surface area contributed by atoms with Gasteiger partial charge in [-0.25, -0.2) is 20.0 Å². The number of anilines is 1. The summed E-state index contributed by atoms with van der Waals surface area (Å²) in [5.41, 5.74) is 5.59. The molecule has 2 N–H and O–H groups in total. The van der Waals surface area contributed by atoms with Crippen LogP contribution in [0.1, 0.15) is 37.6 Å². The van der Waals surface area contributed by atoms with Crippen LogP contribution in [0.4, 0.5) is 5.82 Å². The van der Waals surface area contributed by atoms with Crippen molar-refractivity contribution in [3.05, 3.63) is 53.7 Å². The van der Waals surface area contributed by atoms with E-state index >= 15 is 0 Å². The molecule has 11 nitrogen and oxygen atoms in total. The molecule has 0 spiro atoms. The molecule has 1 aliphatic rings. The van der Waals surface area contributed by atoms with E-state index in [-0.39, 0.29) is 17.9 Å². The molecule has 4 aromatic rings. The Morgan fingerprint density at radius 1 is 1.20 bits per heavy atom. The zero-order chi connectivity index (χ0) is 28.2. The highest BCUT2D eigenvalue weighted by atomic mass is 32.1. The van der Waals surface area contributed by atoms with Crippen LogP contribution < -0.4 is 15.7 Å². The molecule has 0 aliphatic carbocycles. The highest BCUT2D eigenvalue weighted by molar-refractivity contribution is 7.13. The van der Waals surface area contributed by atoms with Gasteiger partial charge in [-0.1, -0.05) is 19.9 Å². The van der Waals surface area contributed by atoms with Crippen molar-refractivity contribution in [2.24, 2.45) is 0 Å². The molecule has 5 rings (SSSR count). The fraction of sp³-hybridized carbons (Fsp3) is 0.393. The maximum absolute atomic E-state index is 13.4. The fourth-order valence-electron chi connectivity index (χ4n) is 4.96. The molecule has 4 aromatic heterocycles. The largest absolute Gasteiger partial charge is 0.350 e. The van der Waals surface area contributed by atoms with Crippen molar-refractivity contribution in [1.82, 2.24) is 35.3 Å². The Balaban J connectivity index is 1.52. The smallest absolute Gasteiger partial charge is 0.266 e. The third kappa shape index (κ3) is 5.55. The zero-order valence-corrected chi connectivity index (χ0v) is 23.9. The van der Waals surface area contributed by atoms with Gasteiger partial charge in [0.25, 0.3) is 11.8 Å². The summed E-state index contributed by atoms with van der Waals surface area (Å²) in [5.74, 6) is 0.0833. The molecule has 0 aromatic carbocycles. The summed E-state index contributed by atoms with van der Waals surface area (Å²) in [6.45, 7) is 9.29. The first-order valence-electron chi connectivity index (χ1n) is 13.5. The van der Waals surface area contributed by atoms with Crippen LogP contribution >= 0.6 is 11.3 Å². The summed E-state index contributed by atoms with van der Waals surface area (Å²) < 4.78 is 1.70. The van der Waals surface area contributed by atoms with Crippen molar-refractivity contribution in [1.29, 1.82) is 0 Å². The normalized spacial score (nSPS) is 15.7. The predicted octanol–water partition coefficient (Wildman–Crippen LogP) is 3.24. The van der Waals surface area contributed by atoms with Crippen LogP contribution in [-0.4, -0.2) is 81.7 Å². The van der Waals surface area contributed by atoms with Gasteiger partial charge in [-0.05, 0) is 56.1 Å². The van der Waals surface area contributed by atoms with Gasteiger partial charge in [0.2, 0.25) is 0 Å². The standard InChI is InChI=1S/C28H34N8O3S/c1-5-34(6-2)18(3)16-29-27(37)19-14-22(31-25(15-19)35-11-10-23(35)28(38)33-39-4)20-17-30-36-12-9-21(32-26(20)36)24-8-7-13-40-24/h7-9,12-15,17-18,23H,5-6,10-11,16H2,1-4H3,(H,29,37)(H,33,38)/t18-,23-/m0/s1. The van der Waals surface area contributed by atoms with Gasteiger partial charge in [0.1, 0.15) is 11.9 Å². The third-order valence-corrected chi connectivity index (χ3v) is 8.20. The molecule has 40 heavy (non-hydrogen) atoms. The lowest BCUT2D eigenvalue weighted by Crippen LogP contribution is -2.56. The molecule has 2 atom stereocenters. The van der Waals surface area contributed by atoms with Crippen molar-refractivity contribution in [3.63, 3.8) is 0 Å². The van der Waals surface area contributed by atoms with Crippen LogP contribution in [0, 0.1) is 0 Å². The van der Waals surface area contributed by atoms with Crippen LogP contribution in [0.2, 0.25) is 0 Å². The minimum absolute atomic E-state index is 0.191. The van der Waals surface area contributed by atoms with Crippen molar-refractivity contribution < 1.29 is 14.4 Å². The summed E-state index contributed by atoms with van der Waals surface area (Å²) in [6, 6.07) is 9.20. The van der Waals surface area contributed by atoms with Gasteiger partial charge in [0, 0.05) is 30.9 Å². The molecule has 1 fully saturated rings. The van der Waals surface area contributed by atoms with E-state index in [1.54, 1.807) is 34.2 Å². The highest BCUT2D eigenvalue weighted by Gasteiger charge is 2.36. The third-order valence-electron chi connectivity index (χ3n) is 7.31. The fourth-order valence-corrected chi connectivity index (χ4v) is 5.66. The molecular weight excluding hydrogens is 528 g/mol. The zero-order valence-electron chi connectivity index (χ0n) is 23.1. The number of carbonyl (C=O) groups is 2. The number of nitrogens with one attached hydrogen (secondary N) is 2.